The number of ether oxygens (including phenoxy) is 2. The molecule has 0 saturated carbocycles. The zero-order valence-electron chi connectivity index (χ0n) is 11.0. The van der Waals surface area contributed by atoms with Crippen molar-refractivity contribution in [3.05, 3.63) is 51.5 Å². The van der Waals surface area contributed by atoms with Gasteiger partial charge in [-0.1, -0.05) is 12.1 Å². The number of aliphatic hydroxyl groups is 1. The Balaban J connectivity index is 2.21. The number of hydrogen-bond donors (Lipinski definition) is 1. The van der Waals surface area contributed by atoms with Crippen LogP contribution in [0, 0.1) is 10.1 Å². The standard InChI is InChI=1S/C13H13NO6/c1-13(2)19-11(15)10(12(16)20-13)7-8-3-5-9(6-4-8)14(17)18/h3-6,15H,7H2,1-2H3. The largest absolute Gasteiger partial charge is 0.481 e. The number of carbonyl (C=O) groups is 1. The Kier molecular flexibility index (Phi) is 3.35. The lowest BCUT2D eigenvalue weighted by molar-refractivity contribution is -0.384. The van der Waals surface area contributed by atoms with Gasteiger partial charge in [-0.15, -0.1) is 0 Å². The third-order valence-electron chi connectivity index (χ3n) is 2.71. The Hall–Kier alpha value is -2.57. The Labute approximate surface area is 114 Å². The van der Waals surface area contributed by atoms with Crippen LogP contribution in [0.3, 0.4) is 0 Å². The van der Waals surface area contributed by atoms with Gasteiger partial charge in [-0.3, -0.25) is 10.1 Å². The van der Waals surface area contributed by atoms with E-state index in [4.69, 9.17) is 9.47 Å². The number of nitro groups is 1. The molecule has 20 heavy (non-hydrogen) atoms. The van der Waals surface area contributed by atoms with Crippen LogP contribution < -0.4 is 0 Å². The molecule has 1 heterocycles. The number of nitro benzene ring substituents is 1. The van der Waals surface area contributed by atoms with Crippen molar-refractivity contribution in [1.82, 2.24) is 0 Å². The van der Waals surface area contributed by atoms with Crippen molar-refractivity contribution >= 4 is 11.7 Å². The Bertz CT molecular complexity index is 587. The highest BCUT2D eigenvalue weighted by atomic mass is 16.8. The number of nitrogens with zero attached hydrogens (tertiary/aromatic N) is 1. The lowest BCUT2D eigenvalue weighted by Gasteiger charge is -2.30. The predicted molar refractivity (Wildman–Crippen MR) is 67.7 cm³/mol. The first-order chi connectivity index (χ1) is 9.28. The predicted octanol–water partition coefficient (Wildman–Crippen LogP) is 2.22. The maximum absolute atomic E-state index is 11.8. The van der Waals surface area contributed by atoms with E-state index in [2.05, 4.69) is 0 Å². The topological polar surface area (TPSA) is 98.9 Å². The van der Waals surface area contributed by atoms with Gasteiger partial charge in [0.1, 0.15) is 5.57 Å². The zero-order valence-corrected chi connectivity index (χ0v) is 11.0. The van der Waals surface area contributed by atoms with Gasteiger partial charge in [0.15, 0.2) is 0 Å². The van der Waals surface area contributed by atoms with Gasteiger partial charge in [-0.2, -0.15) is 0 Å². The van der Waals surface area contributed by atoms with Gasteiger partial charge in [0.05, 0.1) is 4.92 Å². The summed E-state index contributed by atoms with van der Waals surface area (Å²) in [5.41, 5.74) is 0.561. The van der Waals surface area contributed by atoms with Crippen molar-refractivity contribution in [2.24, 2.45) is 0 Å². The van der Waals surface area contributed by atoms with Gasteiger partial charge in [-0.05, 0) is 5.56 Å². The molecule has 0 atom stereocenters. The highest BCUT2D eigenvalue weighted by Crippen LogP contribution is 2.27. The second kappa shape index (κ2) is 4.84. The van der Waals surface area contributed by atoms with Crippen molar-refractivity contribution in [3.8, 4) is 0 Å². The number of non-ortho nitro benzene ring substituents is 1. The molecule has 0 unspecified atom stereocenters. The fourth-order valence-corrected chi connectivity index (χ4v) is 1.77. The lowest BCUT2D eigenvalue weighted by atomic mass is 10.0. The molecule has 1 aromatic rings. The maximum Gasteiger partial charge on any atom is 0.344 e. The molecule has 1 aliphatic rings. The monoisotopic (exact) mass is 279 g/mol. The van der Waals surface area contributed by atoms with Gasteiger partial charge in [0.25, 0.3) is 17.4 Å². The smallest absolute Gasteiger partial charge is 0.344 e. The van der Waals surface area contributed by atoms with Crippen molar-refractivity contribution in [3.63, 3.8) is 0 Å². The summed E-state index contributed by atoms with van der Waals surface area (Å²) in [6, 6.07) is 5.66. The number of rotatable bonds is 3. The summed E-state index contributed by atoms with van der Waals surface area (Å²) in [5, 5.41) is 20.3. The van der Waals surface area contributed by atoms with Crippen LogP contribution in [-0.4, -0.2) is 21.8 Å². The van der Waals surface area contributed by atoms with Crippen molar-refractivity contribution in [2.75, 3.05) is 0 Å². The maximum atomic E-state index is 11.8. The Morgan fingerprint density at radius 1 is 1.25 bits per heavy atom. The van der Waals surface area contributed by atoms with Gasteiger partial charge in [0.2, 0.25) is 0 Å². The van der Waals surface area contributed by atoms with Crippen molar-refractivity contribution in [2.45, 2.75) is 26.1 Å². The van der Waals surface area contributed by atoms with Crippen LogP contribution in [0.25, 0.3) is 0 Å². The van der Waals surface area contributed by atoms with E-state index in [-0.39, 0.29) is 17.7 Å². The molecule has 2 rings (SSSR count). The Morgan fingerprint density at radius 3 is 2.35 bits per heavy atom. The molecule has 7 nitrogen and oxygen atoms in total. The first-order valence-electron chi connectivity index (χ1n) is 5.86. The van der Waals surface area contributed by atoms with Gasteiger partial charge < -0.3 is 14.6 Å². The van der Waals surface area contributed by atoms with Crippen LogP contribution in [0.2, 0.25) is 0 Å². The number of hydrogen-bond acceptors (Lipinski definition) is 6. The first-order valence-corrected chi connectivity index (χ1v) is 5.86. The number of benzene rings is 1. The van der Waals surface area contributed by atoms with E-state index >= 15 is 0 Å². The molecule has 0 saturated heterocycles. The minimum atomic E-state index is -1.21. The van der Waals surface area contributed by atoms with Crippen LogP contribution in [-0.2, 0) is 20.7 Å². The highest BCUT2D eigenvalue weighted by Gasteiger charge is 2.36. The molecular formula is C13H13NO6. The number of cyclic esters (lactones) is 1. The molecule has 0 aromatic heterocycles. The molecule has 0 fully saturated rings. The molecule has 0 radical (unpaired) electrons. The van der Waals surface area contributed by atoms with Gasteiger partial charge >= 0.3 is 5.97 Å². The first kappa shape index (κ1) is 13.9. The second-order valence-corrected chi connectivity index (χ2v) is 4.78. The van der Waals surface area contributed by atoms with Gasteiger partial charge in [0, 0.05) is 32.4 Å². The summed E-state index contributed by atoms with van der Waals surface area (Å²) < 4.78 is 10.1. The molecule has 0 aliphatic carbocycles. The normalized spacial score (nSPS) is 17.4. The fourth-order valence-electron chi connectivity index (χ4n) is 1.77. The van der Waals surface area contributed by atoms with E-state index in [9.17, 15) is 20.0 Å². The summed E-state index contributed by atoms with van der Waals surface area (Å²) in [6.07, 6.45) is 0.0682. The molecule has 0 spiro atoms. The van der Waals surface area contributed by atoms with Crippen LogP contribution in [0.4, 0.5) is 5.69 Å². The molecule has 0 bridgehead atoms. The van der Waals surface area contributed by atoms with E-state index in [1.807, 2.05) is 0 Å². The number of esters is 1. The quantitative estimate of drug-likeness (QED) is 0.517. The van der Waals surface area contributed by atoms with Crippen LogP contribution in [0.5, 0.6) is 0 Å². The van der Waals surface area contributed by atoms with Crippen LogP contribution in [0.1, 0.15) is 19.4 Å². The molecule has 7 heteroatoms. The summed E-state index contributed by atoms with van der Waals surface area (Å²) in [6.45, 7) is 3.01. The average molecular weight is 279 g/mol. The third kappa shape index (κ3) is 2.87. The lowest BCUT2D eigenvalue weighted by Crippen LogP contribution is -2.37. The second-order valence-electron chi connectivity index (χ2n) is 4.78. The Morgan fingerprint density at radius 2 is 1.85 bits per heavy atom. The molecule has 1 aromatic carbocycles. The van der Waals surface area contributed by atoms with E-state index in [1.54, 1.807) is 0 Å². The molecule has 1 aliphatic heterocycles. The number of carbonyl (C=O) groups excluding carboxylic acids is 1. The van der Waals surface area contributed by atoms with Crippen molar-refractivity contribution < 1.29 is 24.3 Å². The van der Waals surface area contributed by atoms with E-state index in [1.165, 1.54) is 38.1 Å². The van der Waals surface area contributed by atoms with Crippen LogP contribution in [0.15, 0.2) is 35.8 Å². The van der Waals surface area contributed by atoms with Gasteiger partial charge in [-0.25, -0.2) is 4.79 Å². The van der Waals surface area contributed by atoms with E-state index < -0.39 is 22.6 Å². The molecule has 1 N–H and O–H groups in total. The molecule has 106 valence electrons. The summed E-state index contributed by atoms with van der Waals surface area (Å²) in [4.78, 5) is 21.8. The summed E-state index contributed by atoms with van der Waals surface area (Å²) in [7, 11) is 0. The van der Waals surface area contributed by atoms with Crippen LogP contribution >= 0.6 is 0 Å². The average Bonchev–Trinajstić information content (AvgIpc) is 2.33. The minimum Gasteiger partial charge on any atom is -0.481 e. The highest BCUT2D eigenvalue weighted by molar-refractivity contribution is 5.90. The number of aliphatic hydroxyl groups excluding tert-OH is 1. The zero-order chi connectivity index (χ0) is 14.9. The molecule has 0 amide bonds. The summed E-state index contributed by atoms with van der Waals surface area (Å²) in [5.74, 6) is -2.36. The van der Waals surface area contributed by atoms with Crippen molar-refractivity contribution in [1.29, 1.82) is 0 Å². The fraction of sp³-hybridized carbons (Fsp3) is 0.308. The van der Waals surface area contributed by atoms with E-state index in [0.29, 0.717) is 5.56 Å². The SMILES string of the molecule is CC1(C)OC(=O)C(Cc2ccc([N+](=O)[O-])cc2)=C(O)O1. The van der Waals surface area contributed by atoms with E-state index in [0.717, 1.165) is 0 Å². The molecular weight excluding hydrogens is 266 g/mol. The third-order valence-corrected chi connectivity index (χ3v) is 2.71. The summed E-state index contributed by atoms with van der Waals surface area (Å²) >= 11 is 0. The minimum absolute atomic E-state index is 0.0156.